The lowest BCUT2D eigenvalue weighted by atomic mass is 10.1. The van der Waals surface area contributed by atoms with Crippen LogP contribution in [-0.4, -0.2) is 30.5 Å². The lowest BCUT2D eigenvalue weighted by Gasteiger charge is -2.22. The molecule has 16 heavy (non-hydrogen) atoms. The van der Waals surface area contributed by atoms with Crippen LogP contribution in [0.15, 0.2) is 0 Å². The van der Waals surface area contributed by atoms with E-state index in [9.17, 15) is 4.79 Å². The van der Waals surface area contributed by atoms with E-state index in [0.717, 1.165) is 18.2 Å². The fraction of sp³-hybridized carbons (Fsp3) is 0.917. The monoisotopic (exact) mass is 293 g/mol. The zero-order valence-electron chi connectivity index (χ0n) is 10.6. The van der Waals surface area contributed by atoms with Gasteiger partial charge in [0.1, 0.15) is 0 Å². The van der Waals surface area contributed by atoms with Gasteiger partial charge in [-0.15, -0.1) is 0 Å². The highest BCUT2D eigenvalue weighted by Gasteiger charge is 2.15. The third-order valence-corrected chi connectivity index (χ3v) is 3.00. The molecule has 0 aliphatic carbocycles. The normalized spacial score (nSPS) is 12.8. The first-order chi connectivity index (χ1) is 7.61. The maximum Gasteiger partial charge on any atom is 0.220 e. The van der Waals surface area contributed by atoms with Gasteiger partial charge in [0.15, 0.2) is 0 Å². The summed E-state index contributed by atoms with van der Waals surface area (Å²) in [6.45, 7) is 7.47. The summed E-state index contributed by atoms with van der Waals surface area (Å²) in [6, 6.07) is 0.136. The highest BCUT2D eigenvalue weighted by Crippen LogP contribution is 2.04. The van der Waals surface area contributed by atoms with Gasteiger partial charge in [0.05, 0.1) is 12.6 Å². The molecule has 0 aromatic rings. The molecule has 0 saturated carbocycles. The molecular formula is C12H24BrNO2. The molecule has 0 saturated heterocycles. The molecule has 1 amide bonds. The fourth-order valence-corrected chi connectivity index (χ4v) is 1.70. The Morgan fingerprint density at radius 2 is 2.06 bits per heavy atom. The molecule has 0 aromatic heterocycles. The lowest BCUT2D eigenvalue weighted by Crippen LogP contribution is -2.41. The number of hydrogen-bond donors (Lipinski definition) is 1. The minimum atomic E-state index is 0.136. The summed E-state index contributed by atoms with van der Waals surface area (Å²) >= 11 is 3.36. The number of carbonyl (C=O) groups is 1. The van der Waals surface area contributed by atoms with Crippen LogP contribution in [0.25, 0.3) is 0 Å². The van der Waals surface area contributed by atoms with Crippen LogP contribution in [0.3, 0.4) is 0 Å². The first-order valence-electron chi connectivity index (χ1n) is 6.04. The van der Waals surface area contributed by atoms with E-state index in [0.29, 0.717) is 25.6 Å². The highest BCUT2D eigenvalue weighted by molar-refractivity contribution is 9.09. The first kappa shape index (κ1) is 15.9. The van der Waals surface area contributed by atoms with Gasteiger partial charge in [0, 0.05) is 18.4 Å². The summed E-state index contributed by atoms with van der Waals surface area (Å²) in [6.07, 6.45) is 2.60. The second-order valence-corrected chi connectivity index (χ2v) is 5.02. The van der Waals surface area contributed by atoms with Crippen molar-refractivity contribution in [2.24, 2.45) is 5.92 Å². The Labute approximate surface area is 107 Å². The van der Waals surface area contributed by atoms with E-state index in [1.54, 1.807) is 0 Å². The molecule has 0 aromatic carbocycles. The number of nitrogens with one attached hydrogen (secondary N) is 1. The summed E-state index contributed by atoms with van der Waals surface area (Å²) in [7, 11) is 0. The molecule has 0 spiro atoms. The smallest absolute Gasteiger partial charge is 0.220 e. The molecule has 0 radical (unpaired) electrons. The Balaban J connectivity index is 3.83. The number of halogens is 1. The molecule has 1 N–H and O–H groups in total. The van der Waals surface area contributed by atoms with Crippen LogP contribution in [0.2, 0.25) is 0 Å². The first-order valence-corrected chi connectivity index (χ1v) is 7.17. The Bertz CT molecular complexity index is 186. The van der Waals surface area contributed by atoms with Crippen molar-refractivity contribution in [3.05, 3.63) is 0 Å². The maximum atomic E-state index is 11.6. The second kappa shape index (κ2) is 10.1. The Hall–Kier alpha value is -0.0900. The van der Waals surface area contributed by atoms with Gasteiger partial charge in [0.25, 0.3) is 0 Å². The highest BCUT2D eigenvalue weighted by atomic mass is 79.9. The van der Waals surface area contributed by atoms with Crippen molar-refractivity contribution < 1.29 is 9.53 Å². The zero-order valence-corrected chi connectivity index (χ0v) is 12.2. The Morgan fingerprint density at radius 3 is 2.56 bits per heavy atom. The van der Waals surface area contributed by atoms with E-state index in [4.69, 9.17) is 4.74 Å². The topological polar surface area (TPSA) is 38.3 Å². The van der Waals surface area contributed by atoms with Crippen molar-refractivity contribution in [3.63, 3.8) is 0 Å². The van der Waals surface area contributed by atoms with E-state index >= 15 is 0 Å². The van der Waals surface area contributed by atoms with Crippen LogP contribution in [0.5, 0.6) is 0 Å². The van der Waals surface area contributed by atoms with Crippen molar-refractivity contribution in [1.82, 2.24) is 5.32 Å². The maximum absolute atomic E-state index is 11.6. The summed E-state index contributed by atoms with van der Waals surface area (Å²) in [4.78, 5) is 11.6. The molecule has 0 heterocycles. The van der Waals surface area contributed by atoms with E-state index in [1.165, 1.54) is 0 Å². The third kappa shape index (κ3) is 8.11. The molecule has 96 valence electrons. The number of rotatable bonds is 9. The molecule has 4 heteroatoms. The van der Waals surface area contributed by atoms with E-state index < -0.39 is 0 Å². The average molecular weight is 294 g/mol. The van der Waals surface area contributed by atoms with Crippen LogP contribution in [0.4, 0.5) is 0 Å². The van der Waals surface area contributed by atoms with Crippen LogP contribution >= 0.6 is 15.9 Å². The van der Waals surface area contributed by atoms with Crippen LogP contribution in [0.1, 0.15) is 40.0 Å². The van der Waals surface area contributed by atoms with E-state index in [2.05, 4.69) is 35.1 Å². The molecule has 0 bridgehead atoms. The molecule has 1 atom stereocenters. The average Bonchev–Trinajstić information content (AvgIpc) is 2.24. The lowest BCUT2D eigenvalue weighted by molar-refractivity contribution is -0.122. The van der Waals surface area contributed by atoms with E-state index in [1.807, 2.05) is 6.92 Å². The van der Waals surface area contributed by atoms with Crippen molar-refractivity contribution in [2.75, 3.05) is 18.5 Å². The number of carbonyl (C=O) groups excluding carboxylic acids is 1. The van der Waals surface area contributed by atoms with Gasteiger partial charge in [-0.05, 0) is 25.7 Å². The Kier molecular flexibility index (Phi) is 10.0. The largest absolute Gasteiger partial charge is 0.380 e. The SMILES string of the molecule is CCOCC(NC(=O)CCCCBr)C(C)C. The number of ether oxygens (including phenoxy) is 1. The van der Waals surface area contributed by atoms with Crippen molar-refractivity contribution in [2.45, 2.75) is 46.1 Å². The predicted octanol–water partition coefficient (Wildman–Crippen LogP) is 2.73. The number of hydrogen-bond acceptors (Lipinski definition) is 2. The molecule has 0 aliphatic rings. The molecule has 0 fully saturated rings. The van der Waals surface area contributed by atoms with Crippen molar-refractivity contribution in [3.8, 4) is 0 Å². The predicted molar refractivity (Wildman–Crippen MR) is 70.9 cm³/mol. The van der Waals surface area contributed by atoms with Gasteiger partial charge in [-0.25, -0.2) is 0 Å². The summed E-state index contributed by atoms with van der Waals surface area (Å²) in [5.74, 6) is 0.547. The molecular weight excluding hydrogens is 270 g/mol. The van der Waals surface area contributed by atoms with Crippen molar-refractivity contribution in [1.29, 1.82) is 0 Å². The fourth-order valence-electron chi connectivity index (χ4n) is 1.30. The minimum absolute atomic E-state index is 0.136. The van der Waals surface area contributed by atoms with Crippen molar-refractivity contribution >= 4 is 21.8 Å². The zero-order chi connectivity index (χ0) is 12.4. The Morgan fingerprint density at radius 1 is 1.38 bits per heavy atom. The number of amides is 1. The van der Waals surface area contributed by atoms with Gasteiger partial charge in [-0.2, -0.15) is 0 Å². The molecule has 1 unspecified atom stereocenters. The van der Waals surface area contributed by atoms with Gasteiger partial charge >= 0.3 is 0 Å². The molecule has 3 nitrogen and oxygen atoms in total. The van der Waals surface area contributed by atoms with Gasteiger partial charge < -0.3 is 10.1 Å². The van der Waals surface area contributed by atoms with Crippen LogP contribution in [0, 0.1) is 5.92 Å². The summed E-state index contributed by atoms with van der Waals surface area (Å²) in [5.41, 5.74) is 0. The number of alkyl halides is 1. The minimum Gasteiger partial charge on any atom is -0.380 e. The second-order valence-electron chi connectivity index (χ2n) is 4.22. The third-order valence-electron chi connectivity index (χ3n) is 2.44. The van der Waals surface area contributed by atoms with Gasteiger partial charge in [0.2, 0.25) is 5.91 Å². The van der Waals surface area contributed by atoms with Gasteiger partial charge in [-0.1, -0.05) is 29.8 Å². The van der Waals surface area contributed by atoms with Gasteiger partial charge in [-0.3, -0.25) is 4.79 Å². The molecule has 0 aliphatic heterocycles. The van der Waals surface area contributed by atoms with Crippen LogP contribution in [-0.2, 0) is 9.53 Å². The summed E-state index contributed by atoms with van der Waals surface area (Å²) < 4.78 is 5.36. The van der Waals surface area contributed by atoms with E-state index in [-0.39, 0.29) is 11.9 Å². The quantitative estimate of drug-likeness (QED) is 0.524. The van der Waals surface area contributed by atoms with Crippen LogP contribution < -0.4 is 5.32 Å². The standard InChI is InChI=1S/C12H24BrNO2/c1-4-16-9-11(10(2)3)14-12(15)7-5-6-8-13/h10-11H,4-9H2,1-3H3,(H,14,15). The summed E-state index contributed by atoms with van der Waals surface area (Å²) in [5, 5.41) is 4.00. The molecule has 0 rings (SSSR count). The number of unbranched alkanes of at least 4 members (excludes halogenated alkanes) is 1.